The molecule has 0 aliphatic rings. The number of carbonyl (C=O) groups is 1. The zero-order valence-electron chi connectivity index (χ0n) is 27.8. The predicted molar refractivity (Wildman–Crippen MR) is 179 cm³/mol. The second kappa shape index (κ2) is 33.6. The van der Waals surface area contributed by atoms with Gasteiger partial charge < -0.3 is 15.5 Å². The molecule has 0 aliphatic carbocycles. The van der Waals surface area contributed by atoms with Crippen LogP contribution in [0.4, 0.5) is 0 Å². The highest BCUT2D eigenvalue weighted by Crippen LogP contribution is 2.16. The fourth-order valence-corrected chi connectivity index (χ4v) is 5.65. The van der Waals surface area contributed by atoms with E-state index >= 15 is 0 Å². The molecule has 0 fully saturated rings. The summed E-state index contributed by atoms with van der Waals surface area (Å²) in [4.78, 5) is 11.9. The van der Waals surface area contributed by atoms with E-state index in [-0.39, 0.29) is 12.5 Å². The molecule has 1 amide bonds. The van der Waals surface area contributed by atoms with Gasteiger partial charge in [0.15, 0.2) is 0 Å². The number of amides is 1. The molecule has 0 aromatic carbocycles. The van der Waals surface area contributed by atoms with Gasteiger partial charge in [0.2, 0.25) is 5.91 Å². The van der Waals surface area contributed by atoms with Gasteiger partial charge in [-0.15, -0.1) is 0 Å². The second-order valence-corrected chi connectivity index (χ2v) is 12.7. The number of carbonyl (C=O) groups excluding carboxylic acids is 1. The van der Waals surface area contributed by atoms with Crippen molar-refractivity contribution >= 4 is 5.91 Å². The number of unbranched alkanes of at least 4 members (excludes halogenated alkanes) is 26. The molecule has 4 nitrogen and oxygen atoms in total. The Hall–Kier alpha value is -0.870. The summed E-state index contributed by atoms with van der Waals surface area (Å²) in [5, 5.41) is 22.5. The maximum atomic E-state index is 11.9. The van der Waals surface area contributed by atoms with Gasteiger partial charge >= 0.3 is 0 Å². The molecule has 0 rings (SSSR count). The van der Waals surface area contributed by atoms with E-state index < -0.39 is 12.1 Å². The van der Waals surface area contributed by atoms with Crippen LogP contribution in [0.5, 0.6) is 0 Å². The van der Waals surface area contributed by atoms with Crippen LogP contribution in [0.25, 0.3) is 0 Å². The van der Waals surface area contributed by atoms with Crippen molar-refractivity contribution < 1.29 is 15.0 Å². The molecule has 3 N–H and O–H groups in total. The smallest absolute Gasteiger partial charge is 0.220 e. The highest BCUT2D eigenvalue weighted by atomic mass is 16.3. The Balaban J connectivity index is 3.36. The Morgan fingerprint density at radius 3 is 1.27 bits per heavy atom. The first-order valence-electron chi connectivity index (χ1n) is 18.4. The van der Waals surface area contributed by atoms with E-state index in [0.29, 0.717) is 6.42 Å². The average molecular weight is 580 g/mol. The molecular weight excluding hydrogens is 506 g/mol. The van der Waals surface area contributed by atoms with Crippen LogP contribution in [0.3, 0.4) is 0 Å². The summed E-state index contributed by atoms with van der Waals surface area (Å²) >= 11 is 0. The molecule has 0 radical (unpaired) electrons. The number of hydrogen-bond acceptors (Lipinski definition) is 3. The van der Waals surface area contributed by atoms with Crippen LogP contribution in [0.2, 0.25) is 0 Å². The van der Waals surface area contributed by atoms with Crippen molar-refractivity contribution in [1.29, 1.82) is 0 Å². The van der Waals surface area contributed by atoms with Gasteiger partial charge in [0, 0.05) is 6.42 Å². The zero-order chi connectivity index (χ0) is 30.1. The SMILES string of the molecule is CCCCCCCCCCCCCCCCCCCCCCCCCC/C=C/C(O)C(CO)NC(=O)CCCCC. The quantitative estimate of drug-likeness (QED) is 0.0535. The minimum Gasteiger partial charge on any atom is -0.394 e. The van der Waals surface area contributed by atoms with Crippen molar-refractivity contribution in [1.82, 2.24) is 5.32 Å². The van der Waals surface area contributed by atoms with E-state index in [9.17, 15) is 15.0 Å². The topological polar surface area (TPSA) is 69.6 Å². The van der Waals surface area contributed by atoms with Crippen molar-refractivity contribution in [3.8, 4) is 0 Å². The van der Waals surface area contributed by atoms with Gasteiger partial charge in [0.1, 0.15) is 0 Å². The first-order valence-corrected chi connectivity index (χ1v) is 18.4. The van der Waals surface area contributed by atoms with Crippen LogP contribution >= 0.6 is 0 Å². The van der Waals surface area contributed by atoms with Crippen LogP contribution < -0.4 is 5.32 Å². The fourth-order valence-electron chi connectivity index (χ4n) is 5.65. The van der Waals surface area contributed by atoms with Crippen molar-refractivity contribution in [2.45, 2.75) is 212 Å². The Morgan fingerprint density at radius 1 is 0.561 bits per heavy atom. The monoisotopic (exact) mass is 580 g/mol. The second-order valence-electron chi connectivity index (χ2n) is 12.7. The number of aliphatic hydroxyl groups is 2. The number of allylic oxidation sites excluding steroid dienone is 1. The summed E-state index contributed by atoms with van der Waals surface area (Å²) in [5.41, 5.74) is 0. The lowest BCUT2D eigenvalue weighted by molar-refractivity contribution is -0.123. The molecule has 0 bridgehead atoms. The van der Waals surface area contributed by atoms with Gasteiger partial charge in [-0.2, -0.15) is 0 Å². The molecule has 0 saturated carbocycles. The average Bonchev–Trinajstić information content (AvgIpc) is 2.97. The van der Waals surface area contributed by atoms with Crippen LogP contribution in [-0.4, -0.2) is 34.9 Å². The molecule has 0 spiro atoms. The van der Waals surface area contributed by atoms with E-state index in [1.54, 1.807) is 6.08 Å². The summed E-state index contributed by atoms with van der Waals surface area (Å²) in [6.07, 6.45) is 40.9. The number of hydrogen-bond donors (Lipinski definition) is 3. The predicted octanol–water partition coefficient (Wildman–Crippen LogP) is 10.7. The first-order chi connectivity index (χ1) is 20.2. The van der Waals surface area contributed by atoms with Crippen molar-refractivity contribution in [3.63, 3.8) is 0 Å². The molecular formula is C37H73NO3. The van der Waals surface area contributed by atoms with Crippen LogP contribution in [-0.2, 0) is 4.79 Å². The summed E-state index contributed by atoms with van der Waals surface area (Å²) in [6.45, 7) is 4.15. The Kier molecular flexibility index (Phi) is 32.9. The summed E-state index contributed by atoms with van der Waals surface area (Å²) < 4.78 is 0. The maximum Gasteiger partial charge on any atom is 0.220 e. The minimum absolute atomic E-state index is 0.0880. The van der Waals surface area contributed by atoms with Gasteiger partial charge in [0.25, 0.3) is 0 Å². The van der Waals surface area contributed by atoms with Gasteiger partial charge in [0.05, 0.1) is 18.8 Å². The Labute approximate surface area is 256 Å². The summed E-state index contributed by atoms with van der Waals surface area (Å²) in [7, 11) is 0. The van der Waals surface area contributed by atoms with Crippen LogP contribution in [0.15, 0.2) is 12.2 Å². The maximum absolute atomic E-state index is 11.9. The normalized spacial score (nSPS) is 13.2. The van der Waals surface area contributed by atoms with Gasteiger partial charge in [-0.25, -0.2) is 0 Å². The molecule has 0 saturated heterocycles. The van der Waals surface area contributed by atoms with Crippen LogP contribution in [0.1, 0.15) is 200 Å². The lowest BCUT2D eigenvalue weighted by Gasteiger charge is -2.19. The molecule has 2 unspecified atom stereocenters. The van der Waals surface area contributed by atoms with Crippen LogP contribution in [0, 0.1) is 0 Å². The lowest BCUT2D eigenvalue weighted by Crippen LogP contribution is -2.45. The van der Waals surface area contributed by atoms with Crippen molar-refractivity contribution in [3.05, 3.63) is 12.2 Å². The third-order valence-corrected chi connectivity index (χ3v) is 8.52. The lowest BCUT2D eigenvalue weighted by atomic mass is 10.0. The Morgan fingerprint density at radius 2 is 0.902 bits per heavy atom. The van der Waals surface area contributed by atoms with Gasteiger partial charge in [-0.05, 0) is 19.3 Å². The molecule has 4 heteroatoms. The van der Waals surface area contributed by atoms with Crippen molar-refractivity contribution in [2.24, 2.45) is 0 Å². The third kappa shape index (κ3) is 30.4. The van der Waals surface area contributed by atoms with E-state index in [2.05, 4.69) is 19.2 Å². The van der Waals surface area contributed by atoms with E-state index in [1.807, 2.05) is 6.08 Å². The molecule has 2 atom stereocenters. The highest BCUT2D eigenvalue weighted by Gasteiger charge is 2.17. The molecule has 244 valence electrons. The number of aliphatic hydroxyl groups excluding tert-OH is 2. The standard InChI is InChI=1S/C37H73NO3/c1-3-5-7-8-9-10-11-12-13-14-15-16-17-18-19-20-21-22-23-24-25-26-27-28-29-31-32-36(40)35(34-39)38-37(41)33-30-6-4-2/h31-32,35-36,39-40H,3-30,33-34H2,1-2H3,(H,38,41)/b32-31+. The highest BCUT2D eigenvalue weighted by molar-refractivity contribution is 5.76. The first kappa shape index (κ1) is 40.1. The summed E-state index contributed by atoms with van der Waals surface area (Å²) in [5.74, 6) is -0.0880. The number of rotatable bonds is 33. The van der Waals surface area contributed by atoms with Crippen molar-refractivity contribution in [2.75, 3.05) is 6.61 Å². The largest absolute Gasteiger partial charge is 0.394 e. The summed E-state index contributed by atoms with van der Waals surface area (Å²) in [6, 6.07) is -0.611. The van der Waals surface area contributed by atoms with E-state index in [0.717, 1.165) is 32.1 Å². The number of nitrogens with one attached hydrogen (secondary N) is 1. The van der Waals surface area contributed by atoms with E-state index in [1.165, 1.54) is 148 Å². The fraction of sp³-hybridized carbons (Fsp3) is 0.919. The molecule has 0 heterocycles. The van der Waals surface area contributed by atoms with Gasteiger partial charge in [-0.1, -0.05) is 187 Å². The minimum atomic E-state index is -0.829. The zero-order valence-corrected chi connectivity index (χ0v) is 27.8. The Bertz CT molecular complexity index is 550. The molecule has 0 aromatic heterocycles. The molecule has 41 heavy (non-hydrogen) atoms. The molecule has 0 aromatic rings. The van der Waals surface area contributed by atoms with E-state index in [4.69, 9.17) is 0 Å². The van der Waals surface area contributed by atoms with Gasteiger partial charge in [-0.3, -0.25) is 4.79 Å². The third-order valence-electron chi connectivity index (χ3n) is 8.52. The molecule has 0 aliphatic heterocycles.